The van der Waals surface area contributed by atoms with E-state index in [0.29, 0.717) is 6.54 Å². The van der Waals surface area contributed by atoms with Gasteiger partial charge in [-0.1, -0.05) is 19.0 Å². The quantitative estimate of drug-likeness (QED) is 0.899. The minimum atomic E-state index is -0.884. The van der Waals surface area contributed by atoms with Crippen molar-refractivity contribution in [2.45, 2.75) is 45.1 Å². The normalized spacial score (nSPS) is 19.1. The Hall–Kier alpha value is -1.85. The molecular formula is C13H18N2O4. The van der Waals surface area contributed by atoms with Crippen molar-refractivity contribution in [1.82, 2.24) is 10.1 Å². The highest BCUT2D eigenvalue weighted by Gasteiger charge is 2.32. The van der Waals surface area contributed by atoms with E-state index in [2.05, 4.69) is 5.16 Å². The van der Waals surface area contributed by atoms with E-state index in [1.54, 1.807) is 11.0 Å². The summed E-state index contributed by atoms with van der Waals surface area (Å²) >= 11 is 0. The average molecular weight is 266 g/mol. The summed E-state index contributed by atoms with van der Waals surface area (Å²) in [6.45, 7) is 4.51. The molecule has 19 heavy (non-hydrogen) atoms. The molecule has 0 bridgehead atoms. The van der Waals surface area contributed by atoms with Crippen molar-refractivity contribution < 1.29 is 19.2 Å². The highest BCUT2D eigenvalue weighted by Crippen LogP contribution is 2.23. The van der Waals surface area contributed by atoms with Crippen LogP contribution in [0, 0.1) is 0 Å². The maximum absolute atomic E-state index is 12.3. The van der Waals surface area contributed by atoms with Crippen LogP contribution < -0.4 is 0 Å². The minimum absolute atomic E-state index is 0.0169. The van der Waals surface area contributed by atoms with Crippen molar-refractivity contribution in [3.63, 3.8) is 0 Å². The van der Waals surface area contributed by atoms with E-state index in [-0.39, 0.29) is 30.0 Å². The van der Waals surface area contributed by atoms with Crippen LogP contribution in [0.25, 0.3) is 0 Å². The van der Waals surface area contributed by atoms with Gasteiger partial charge in [-0.15, -0.1) is 0 Å². The Balaban J connectivity index is 2.11. The predicted molar refractivity (Wildman–Crippen MR) is 66.9 cm³/mol. The third-order valence-corrected chi connectivity index (χ3v) is 3.38. The number of carbonyl (C=O) groups is 2. The van der Waals surface area contributed by atoms with Gasteiger partial charge in [0.05, 0.1) is 12.1 Å². The van der Waals surface area contributed by atoms with Crippen LogP contribution in [0.4, 0.5) is 0 Å². The summed E-state index contributed by atoms with van der Waals surface area (Å²) in [5.74, 6) is -0.757. The second kappa shape index (κ2) is 5.42. The number of rotatable bonds is 4. The van der Waals surface area contributed by atoms with E-state index in [9.17, 15) is 9.59 Å². The molecular weight excluding hydrogens is 248 g/mol. The van der Waals surface area contributed by atoms with Crippen LogP contribution in [0.1, 0.15) is 55.3 Å². The van der Waals surface area contributed by atoms with E-state index < -0.39 is 5.97 Å². The van der Waals surface area contributed by atoms with Crippen LogP contribution in [-0.4, -0.2) is 39.6 Å². The van der Waals surface area contributed by atoms with E-state index in [0.717, 1.165) is 18.5 Å². The molecule has 0 spiro atoms. The zero-order chi connectivity index (χ0) is 14.0. The Kier molecular flexibility index (Phi) is 3.87. The fraction of sp³-hybridized carbons (Fsp3) is 0.615. The highest BCUT2D eigenvalue weighted by atomic mass is 16.5. The van der Waals surface area contributed by atoms with Gasteiger partial charge in [0.1, 0.15) is 0 Å². The van der Waals surface area contributed by atoms with Gasteiger partial charge in [-0.2, -0.15) is 0 Å². The van der Waals surface area contributed by atoms with Crippen LogP contribution in [-0.2, 0) is 4.79 Å². The molecule has 6 heteroatoms. The summed E-state index contributed by atoms with van der Waals surface area (Å²) in [6, 6.07) is 1.40. The third kappa shape index (κ3) is 2.94. The van der Waals surface area contributed by atoms with Crippen molar-refractivity contribution in [2.75, 3.05) is 6.54 Å². The van der Waals surface area contributed by atoms with E-state index >= 15 is 0 Å². The SMILES string of the molecule is CC(C)c1cc(C(=O)N2CCCC2CC(=O)O)on1. The molecule has 1 aliphatic rings. The summed E-state index contributed by atoms with van der Waals surface area (Å²) < 4.78 is 5.06. The lowest BCUT2D eigenvalue weighted by Gasteiger charge is -2.21. The zero-order valence-corrected chi connectivity index (χ0v) is 11.1. The number of hydrogen-bond donors (Lipinski definition) is 1. The number of carboxylic acids is 1. The summed E-state index contributed by atoms with van der Waals surface area (Å²) in [5, 5.41) is 12.7. The van der Waals surface area contributed by atoms with Crippen LogP contribution in [0.5, 0.6) is 0 Å². The lowest BCUT2D eigenvalue weighted by molar-refractivity contribution is -0.137. The molecule has 104 valence electrons. The molecule has 1 unspecified atom stereocenters. The second-order valence-electron chi connectivity index (χ2n) is 5.16. The van der Waals surface area contributed by atoms with Crippen LogP contribution in [0.3, 0.4) is 0 Å². The minimum Gasteiger partial charge on any atom is -0.481 e. The Labute approximate surface area is 111 Å². The Morgan fingerprint density at radius 3 is 2.89 bits per heavy atom. The second-order valence-corrected chi connectivity index (χ2v) is 5.16. The number of amides is 1. The van der Waals surface area contributed by atoms with E-state index in [4.69, 9.17) is 9.63 Å². The summed E-state index contributed by atoms with van der Waals surface area (Å²) in [5.41, 5.74) is 0.734. The van der Waals surface area contributed by atoms with Gasteiger partial charge in [0.2, 0.25) is 5.76 Å². The number of aromatic nitrogens is 1. The van der Waals surface area contributed by atoms with Crippen molar-refractivity contribution >= 4 is 11.9 Å². The summed E-state index contributed by atoms with van der Waals surface area (Å²) in [4.78, 5) is 24.6. The average Bonchev–Trinajstić information content (AvgIpc) is 2.95. The lowest BCUT2D eigenvalue weighted by atomic mass is 10.1. The van der Waals surface area contributed by atoms with Gasteiger partial charge in [0.15, 0.2) is 0 Å². The monoisotopic (exact) mass is 266 g/mol. The van der Waals surface area contributed by atoms with E-state index in [1.165, 1.54) is 0 Å². The highest BCUT2D eigenvalue weighted by molar-refractivity contribution is 5.92. The standard InChI is InChI=1S/C13H18N2O4/c1-8(2)10-7-11(19-14-10)13(18)15-5-3-4-9(15)6-12(16)17/h7-9H,3-6H2,1-2H3,(H,16,17). The Morgan fingerprint density at radius 2 is 2.32 bits per heavy atom. The molecule has 1 atom stereocenters. The molecule has 1 aliphatic heterocycles. The first-order valence-electron chi connectivity index (χ1n) is 6.48. The molecule has 1 amide bonds. The largest absolute Gasteiger partial charge is 0.481 e. The van der Waals surface area contributed by atoms with Gasteiger partial charge < -0.3 is 14.5 Å². The van der Waals surface area contributed by atoms with Gasteiger partial charge in [-0.05, 0) is 18.8 Å². The molecule has 1 N–H and O–H groups in total. The van der Waals surface area contributed by atoms with Crippen LogP contribution in [0.2, 0.25) is 0 Å². The maximum atomic E-state index is 12.3. The number of carboxylic acid groups (broad SMARTS) is 1. The molecule has 0 saturated carbocycles. The number of likely N-dealkylation sites (tertiary alicyclic amines) is 1. The third-order valence-electron chi connectivity index (χ3n) is 3.38. The molecule has 0 aromatic carbocycles. The molecule has 2 heterocycles. The van der Waals surface area contributed by atoms with Crippen molar-refractivity contribution in [3.8, 4) is 0 Å². The summed E-state index contributed by atoms with van der Waals surface area (Å²) in [7, 11) is 0. The zero-order valence-electron chi connectivity index (χ0n) is 11.1. The van der Waals surface area contributed by atoms with Crippen molar-refractivity contribution in [3.05, 3.63) is 17.5 Å². The Morgan fingerprint density at radius 1 is 1.58 bits per heavy atom. The first-order valence-corrected chi connectivity index (χ1v) is 6.48. The molecule has 6 nitrogen and oxygen atoms in total. The first-order chi connectivity index (χ1) is 8.99. The van der Waals surface area contributed by atoms with Gasteiger partial charge in [-0.25, -0.2) is 0 Å². The first kappa shape index (κ1) is 13.6. The molecule has 1 saturated heterocycles. The van der Waals surface area contributed by atoms with Crippen LogP contribution >= 0.6 is 0 Å². The van der Waals surface area contributed by atoms with Crippen molar-refractivity contribution in [1.29, 1.82) is 0 Å². The van der Waals surface area contributed by atoms with Crippen LogP contribution in [0.15, 0.2) is 10.6 Å². The number of hydrogen-bond acceptors (Lipinski definition) is 4. The fourth-order valence-electron chi connectivity index (χ4n) is 2.32. The predicted octanol–water partition coefficient (Wildman–Crippen LogP) is 1.88. The molecule has 2 rings (SSSR count). The number of nitrogens with zero attached hydrogens (tertiary/aromatic N) is 2. The molecule has 0 aliphatic carbocycles. The molecule has 0 radical (unpaired) electrons. The summed E-state index contributed by atoms with van der Waals surface area (Å²) in [6.07, 6.45) is 1.54. The smallest absolute Gasteiger partial charge is 0.305 e. The topological polar surface area (TPSA) is 83.6 Å². The number of aliphatic carboxylic acids is 1. The fourth-order valence-corrected chi connectivity index (χ4v) is 2.32. The van der Waals surface area contributed by atoms with Gasteiger partial charge in [0.25, 0.3) is 5.91 Å². The molecule has 1 fully saturated rings. The van der Waals surface area contributed by atoms with Crippen molar-refractivity contribution in [2.24, 2.45) is 0 Å². The van der Waals surface area contributed by atoms with Gasteiger partial charge in [-0.3, -0.25) is 9.59 Å². The number of carbonyl (C=O) groups excluding carboxylic acids is 1. The maximum Gasteiger partial charge on any atom is 0.305 e. The van der Waals surface area contributed by atoms with Gasteiger partial charge in [0, 0.05) is 18.7 Å². The lowest BCUT2D eigenvalue weighted by Crippen LogP contribution is -2.36. The Bertz CT molecular complexity index is 481. The molecule has 1 aromatic heterocycles. The molecule has 1 aromatic rings. The van der Waals surface area contributed by atoms with Gasteiger partial charge >= 0.3 is 5.97 Å². The van der Waals surface area contributed by atoms with E-state index in [1.807, 2.05) is 13.8 Å².